The van der Waals surface area contributed by atoms with Gasteiger partial charge in [-0.3, -0.25) is 4.79 Å². The van der Waals surface area contributed by atoms with Crippen LogP contribution in [0.25, 0.3) is 6.08 Å². The molecule has 1 aromatic carbocycles. The molecule has 0 radical (unpaired) electrons. The Labute approximate surface area is 101 Å². The molecule has 0 bridgehead atoms. The van der Waals surface area contributed by atoms with Gasteiger partial charge >= 0.3 is 0 Å². The molecule has 1 aromatic rings. The number of hydrogen-bond donors (Lipinski definition) is 0. The first-order chi connectivity index (χ1) is 8.29. The first-order valence-electron chi connectivity index (χ1n) is 5.90. The second-order valence-electron chi connectivity index (χ2n) is 4.02. The lowest BCUT2D eigenvalue weighted by Gasteiger charge is -1.97. The van der Waals surface area contributed by atoms with Crippen molar-refractivity contribution in [3.8, 4) is 11.5 Å². The molecule has 0 saturated carbocycles. The normalized spacial score (nSPS) is 13.2. The number of allylic oxidation sites excluding steroid dienone is 1. The Balaban J connectivity index is 1.99. The third-order valence-corrected chi connectivity index (χ3v) is 2.64. The van der Waals surface area contributed by atoms with E-state index >= 15 is 0 Å². The van der Waals surface area contributed by atoms with E-state index in [1.807, 2.05) is 24.3 Å². The van der Waals surface area contributed by atoms with E-state index in [9.17, 15) is 4.79 Å². The maximum absolute atomic E-state index is 11.5. The maximum atomic E-state index is 11.5. The molecule has 3 nitrogen and oxygen atoms in total. The second kappa shape index (κ2) is 5.53. The van der Waals surface area contributed by atoms with Gasteiger partial charge < -0.3 is 9.47 Å². The zero-order valence-electron chi connectivity index (χ0n) is 9.94. The van der Waals surface area contributed by atoms with Crippen molar-refractivity contribution in [3.05, 3.63) is 29.8 Å². The largest absolute Gasteiger partial charge is 0.454 e. The number of ketones is 1. The number of rotatable bonds is 5. The summed E-state index contributed by atoms with van der Waals surface area (Å²) >= 11 is 0. The number of benzene rings is 1. The molecule has 0 fully saturated rings. The number of carbonyl (C=O) groups excluding carboxylic acids is 1. The van der Waals surface area contributed by atoms with Gasteiger partial charge in [0.25, 0.3) is 0 Å². The van der Waals surface area contributed by atoms with E-state index in [2.05, 4.69) is 6.92 Å². The Bertz CT molecular complexity index is 435. The molecule has 1 heterocycles. The zero-order valence-corrected chi connectivity index (χ0v) is 9.94. The molecular weight excluding hydrogens is 216 g/mol. The van der Waals surface area contributed by atoms with Crippen molar-refractivity contribution in [2.45, 2.75) is 26.2 Å². The van der Waals surface area contributed by atoms with Crippen molar-refractivity contribution in [1.29, 1.82) is 0 Å². The highest BCUT2D eigenvalue weighted by Crippen LogP contribution is 2.32. The molecule has 0 N–H and O–H groups in total. The lowest BCUT2D eigenvalue weighted by atomic mass is 10.1. The molecule has 90 valence electrons. The van der Waals surface area contributed by atoms with Crippen LogP contribution in [-0.4, -0.2) is 12.6 Å². The van der Waals surface area contributed by atoms with Crippen molar-refractivity contribution in [2.24, 2.45) is 0 Å². The Morgan fingerprint density at radius 2 is 2.18 bits per heavy atom. The molecule has 1 aliphatic rings. The molecule has 17 heavy (non-hydrogen) atoms. The van der Waals surface area contributed by atoms with Crippen LogP contribution in [0.3, 0.4) is 0 Å². The van der Waals surface area contributed by atoms with Gasteiger partial charge in [-0.15, -0.1) is 0 Å². The maximum Gasteiger partial charge on any atom is 0.231 e. The summed E-state index contributed by atoms with van der Waals surface area (Å²) in [4.78, 5) is 11.5. The van der Waals surface area contributed by atoms with E-state index in [0.29, 0.717) is 6.42 Å². The summed E-state index contributed by atoms with van der Waals surface area (Å²) in [7, 11) is 0. The highest BCUT2D eigenvalue weighted by Gasteiger charge is 2.12. The van der Waals surface area contributed by atoms with Crippen molar-refractivity contribution in [3.63, 3.8) is 0 Å². The predicted octanol–water partition coefficient (Wildman–Crippen LogP) is 3.19. The molecule has 0 spiro atoms. The molecule has 0 saturated heterocycles. The standard InChI is InChI=1S/C14H16O3/c1-2-3-4-12(15)7-5-11-6-8-13-14(9-11)17-10-16-13/h5-9H,2-4,10H2,1H3/b7-5+. The van der Waals surface area contributed by atoms with Crippen molar-refractivity contribution in [1.82, 2.24) is 0 Å². The molecule has 0 aromatic heterocycles. The molecule has 0 atom stereocenters. The highest BCUT2D eigenvalue weighted by atomic mass is 16.7. The quantitative estimate of drug-likeness (QED) is 0.731. The van der Waals surface area contributed by atoms with Gasteiger partial charge in [0.1, 0.15) is 0 Å². The topological polar surface area (TPSA) is 35.5 Å². The summed E-state index contributed by atoms with van der Waals surface area (Å²) in [5.41, 5.74) is 0.957. The lowest BCUT2D eigenvalue weighted by molar-refractivity contribution is -0.114. The summed E-state index contributed by atoms with van der Waals surface area (Å²) in [5.74, 6) is 1.68. The third-order valence-electron chi connectivity index (χ3n) is 2.64. The van der Waals surface area contributed by atoms with E-state index in [1.165, 1.54) is 0 Å². The number of unbranched alkanes of at least 4 members (excludes halogenated alkanes) is 1. The minimum atomic E-state index is 0.171. The van der Waals surface area contributed by atoms with Crippen LogP contribution in [0.15, 0.2) is 24.3 Å². The van der Waals surface area contributed by atoms with Gasteiger partial charge in [-0.05, 0) is 30.2 Å². The minimum Gasteiger partial charge on any atom is -0.454 e. The highest BCUT2D eigenvalue weighted by molar-refractivity contribution is 5.93. The van der Waals surface area contributed by atoms with Gasteiger partial charge in [0.05, 0.1) is 0 Å². The van der Waals surface area contributed by atoms with Crippen LogP contribution < -0.4 is 9.47 Å². The first-order valence-corrected chi connectivity index (χ1v) is 5.90. The average Bonchev–Trinajstić information content (AvgIpc) is 2.81. The van der Waals surface area contributed by atoms with Crippen LogP contribution in [0.1, 0.15) is 31.7 Å². The van der Waals surface area contributed by atoms with Gasteiger partial charge in [-0.1, -0.05) is 25.5 Å². The second-order valence-corrected chi connectivity index (χ2v) is 4.02. The molecule has 0 amide bonds. The number of carbonyl (C=O) groups is 1. The van der Waals surface area contributed by atoms with Gasteiger partial charge in [0, 0.05) is 6.42 Å². The zero-order chi connectivity index (χ0) is 12.1. The van der Waals surface area contributed by atoms with Crippen LogP contribution >= 0.6 is 0 Å². The van der Waals surface area contributed by atoms with Crippen LogP contribution in [0.4, 0.5) is 0 Å². The Morgan fingerprint density at radius 1 is 1.35 bits per heavy atom. The van der Waals surface area contributed by atoms with Crippen LogP contribution in [-0.2, 0) is 4.79 Å². The van der Waals surface area contributed by atoms with Crippen molar-refractivity contribution in [2.75, 3.05) is 6.79 Å². The van der Waals surface area contributed by atoms with E-state index in [0.717, 1.165) is 29.9 Å². The minimum absolute atomic E-state index is 0.171. The van der Waals surface area contributed by atoms with Crippen molar-refractivity contribution >= 4 is 11.9 Å². The van der Waals surface area contributed by atoms with E-state index in [4.69, 9.17) is 9.47 Å². The third kappa shape index (κ3) is 3.09. The van der Waals surface area contributed by atoms with Gasteiger partial charge in [-0.2, -0.15) is 0 Å². The van der Waals surface area contributed by atoms with Crippen LogP contribution in [0.5, 0.6) is 11.5 Å². The monoisotopic (exact) mass is 232 g/mol. The summed E-state index contributed by atoms with van der Waals surface area (Å²) in [6.07, 6.45) is 6.07. The fourth-order valence-corrected chi connectivity index (χ4v) is 1.64. The van der Waals surface area contributed by atoms with E-state index < -0.39 is 0 Å². The summed E-state index contributed by atoms with van der Waals surface area (Å²) < 4.78 is 10.5. The fraction of sp³-hybridized carbons (Fsp3) is 0.357. The first kappa shape index (κ1) is 11.7. The van der Waals surface area contributed by atoms with Gasteiger partial charge in [-0.25, -0.2) is 0 Å². The Hall–Kier alpha value is -1.77. The lowest BCUT2D eigenvalue weighted by Crippen LogP contribution is -1.92. The Kier molecular flexibility index (Phi) is 3.81. The summed E-state index contributed by atoms with van der Waals surface area (Å²) in [5, 5.41) is 0. The van der Waals surface area contributed by atoms with E-state index in [-0.39, 0.29) is 12.6 Å². The number of fused-ring (bicyclic) bond motifs is 1. The SMILES string of the molecule is CCCCC(=O)/C=C/c1ccc2c(c1)OCO2. The fourth-order valence-electron chi connectivity index (χ4n) is 1.64. The van der Waals surface area contributed by atoms with Gasteiger partial charge in [0.15, 0.2) is 17.3 Å². The smallest absolute Gasteiger partial charge is 0.231 e. The number of ether oxygens (including phenoxy) is 2. The van der Waals surface area contributed by atoms with Gasteiger partial charge in [0.2, 0.25) is 6.79 Å². The average molecular weight is 232 g/mol. The Morgan fingerprint density at radius 3 is 3.00 bits per heavy atom. The van der Waals surface area contributed by atoms with Crippen molar-refractivity contribution < 1.29 is 14.3 Å². The number of hydrogen-bond acceptors (Lipinski definition) is 3. The predicted molar refractivity (Wildman–Crippen MR) is 66.1 cm³/mol. The molecule has 0 aliphatic carbocycles. The summed E-state index contributed by atoms with van der Waals surface area (Å²) in [6.45, 7) is 2.35. The van der Waals surface area contributed by atoms with Crippen LogP contribution in [0, 0.1) is 0 Å². The molecule has 3 heteroatoms. The molecule has 0 unspecified atom stereocenters. The van der Waals surface area contributed by atoms with Crippen LogP contribution in [0.2, 0.25) is 0 Å². The molecule has 2 rings (SSSR count). The molecular formula is C14H16O3. The summed E-state index contributed by atoms with van der Waals surface area (Å²) in [6, 6.07) is 5.65. The molecule has 1 aliphatic heterocycles. The van der Waals surface area contributed by atoms with E-state index in [1.54, 1.807) is 6.08 Å².